The van der Waals surface area contributed by atoms with Crippen LogP contribution in [-0.2, 0) is 6.18 Å². The number of amides is 1. The fraction of sp³-hybridized carbons (Fsp3) is 0.562. The predicted molar refractivity (Wildman–Crippen MR) is 75.0 cm³/mol. The Balaban J connectivity index is 2.05. The molecule has 0 heterocycles. The molecule has 0 bridgehead atoms. The molecule has 1 saturated carbocycles. The summed E-state index contributed by atoms with van der Waals surface area (Å²) in [6.07, 6.45) is -0.258. The molecule has 21 heavy (non-hydrogen) atoms. The standard InChI is InChI=1S/C16H20F3NO/c1-11-3-9-14(10-4-11)20(2)15(21)12-5-7-13(8-6-12)16(17,18)19/h5-8,11,14H,3-4,9-10H2,1-2H3. The molecule has 1 fully saturated rings. The molecule has 0 N–H and O–H groups in total. The maximum Gasteiger partial charge on any atom is 0.416 e. The lowest BCUT2D eigenvalue weighted by atomic mass is 9.86. The molecule has 1 aliphatic rings. The van der Waals surface area contributed by atoms with E-state index in [-0.39, 0.29) is 11.9 Å². The monoisotopic (exact) mass is 299 g/mol. The summed E-state index contributed by atoms with van der Waals surface area (Å²) in [6.45, 7) is 2.20. The van der Waals surface area contributed by atoms with Crippen molar-refractivity contribution in [2.24, 2.45) is 5.92 Å². The zero-order chi connectivity index (χ0) is 15.6. The zero-order valence-corrected chi connectivity index (χ0v) is 12.3. The van der Waals surface area contributed by atoms with Crippen molar-refractivity contribution < 1.29 is 18.0 Å². The van der Waals surface area contributed by atoms with Gasteiger partial charge in [0, 0.05) is 18.7 Å². The van der Waals surface area contributed by atoms with Crippen LogP contribution in [0.25, 0.3) is 0 Å². The third kappa shape index (κ3) is 3.77. The maximum atomic E-state index is 12.5. The first-order valence-corrected chi connectivity index (χ1v) is 7.23. The SMILES string of the molecule is CC1CCC(N(C)C(=O)c2ccc(C(F)(F)F)cc2)CC1. The van der Waals surface area contributed by atoms with E-state index in [1.54, 1.807) is 11.9 Å². The first kappa shape index (κ1) is 15.9. The molecule has 0 saturated heterocycles. The Morgan fingerprint density at radius 3 is 2.10 bits per heavy atom. The predicted octanol–water partition coefficient (Wildman–Crippen LogP) is 4.36. The molecule has 0 unspecified atom stereocenters. The number of carbonyl (C=O) groups excluding carboxylic acids is 1. The van der Waals surface area contributed by atoms with Gasteiger partial charge >= 0.3 is 6.18 Å². The first-order valence-electron chi connectivity index (χ1n) is 7.23. The summed E-state index contributed by atoms with van der Waals surface area (Å²) >= 11 is 0. The van der Waals surface area contributed by atoms with Crippen LogP contribution in [0.15, 0.2) is 24.3 Å². The molecular weight excluding hydrogens is 279 g/mol. The molecule has 1 amide bonds. The lowest BCUT2D eigenvalue weighted by molar-refractivity contribution is -0.137. The smallest absolute Gasteiger partial charge is 0.339 e. The average molecular weight is 299 g/mol. The van der Waals surface area contributed by atoms with E-state index in [2.05, 4.69) is 6.92 Å². The molecule has 0 radical (unpaired) electrons. The number of nitrogens with zero attached hydrogens (tertiary/aromatic N) is 1. The number of carbonyl (C=O) groups is 1. The Labute approximate surface area is 122 Å². The van der Waals surface area contributed by atoms with Gasteiger partial charge in [0.05, 0.1) is 5.56 Å². The lowest BCUT2D eigenvalue weighted by Gasteiger charge is -2.33. The number of benzene rings is 1. The zero-order valence-electron chi connectivity index (χ0n) is 12.3. The van der Waals surface area contributed by atoms with Crippen molar-refractivity contribution >= 4 is 5.91 Å². The summed E-state index contributed by atoms with van der Waals surface area (Å²) in [5.74, 6) is 0.485. The normalized spacial score (nSPS) is 22.9. The quantitative estimate of drug-likeness (QED) is 0.794. The van der Waals surface area contributed by atoms with Crippen LogP contribution in [-0.4, -0.2) is 23.9 Å². The summed E-state index contributed by atoms with van der Waals surface area (Å²) in [5, 5.41) is 0. The van der Waals surface area contributed by atoms with Gasteiger partial charge in [-0.25, -0.2) is 0 Å². The van der Waals surface area contributed by atoms with Gasteiger partial charge in [-0.2, -0.15) is 13.2 Å². The van der Waals surface area contributed by atoms with Gasteiger partial charge in [0.15, 0.2) is 0 Å². The topological polar surface area (TPSA) is 20.3 Å². The minimum Gasteiger partial charge on any atom is -0.339 e. The maximum absolute atomic E-state index is 12.5. The molecule has 1 aromatic carbocycles. The van der Waals surface area contributed by atoms with Gasteiger partial charge in [-0.15, -0.1) is 0 Å². The largest absolute Gasteiger partial charge is 0.416 e. The molecule has 116 valence electrons. The van der Waals surface area contributed by atoms with Gasteiger partial charge in [0.1, 0.15) is 0 Å². The highest BCUT2D eigenvalue weighted by atomic mass is 19.4. The van der Waals surface area contributed by atoms with Gasteiger partial charge in [-0.3, -0.25) is 4.79 Å². The Hall–Kier alpha value is -1.52. The summed E-state index contributed by atoms with van der Waals surface area (Å²) < 4.78 is 37.5. The van der Waals surface area contributed by atoms with Crippen molar-refractivity contribution in [3.05, 3.63) is 35.4 Å². The van der Waals surface area contributed by atoms with Crippen LogP contribution in [0.1, 0.15) is 48.5 Å². The molecule has 1 aromatic rings. The van der Waals surface area contributed by atoms with Gasteiger partial charge in [-0.1, -0.05) is 6.92 Å². The fourth-order valence-corrected chi connectivity index (χ4v) is 2.80. The van der Waals surface area contributed by atoms with Crippen molar-refractivity contribution in [1.82, 2.24) is 4.90 Å². The number of rotatable bonds is 2. The third-order valence-electron chi connectivity index (χ3n) is 4.31. The lowest BCUT2D eigenvalue weighted by Crippen LogP contribution is -2.39. The van der Waals surface area contributed by atoms with Crippen molar-refractivity contribution in [2.45, 2.75) is 44.8 Å². The van der Waals surface area contributed by atoms with E-state index in [0.29, 0.717) is 11.5 Å². The summed E-state index contributed by atoms with van der Waals surface area (Å²) in [6, 6.07) is 4.63. The highest BCUT2D eigenvalue weighted by Gasteiger charge is 2.31. The van der Waals surface area contributed by atoms with Crippen LogP contribution < -0.4 is 0 Å². The molecule has 2 rings (SSSR count). The van der Waals surface area contributed by atoms with E-state index in [4.69, 9.17) is 0 Å². The van der Waals surface area contributed by atoms with E-state index in [1.807, 2.05) is 0 Å². The fourth-order valence-electron chi connectivity index (χ4n) is 2.80. The van der Waals surface area contributed by atoms with Crippen molar-refractivity contribution in [3.8, 4) is 0 Å². The van der Waals surface area contributed by atoms with Crippen molar-refractivity contribution in [1.29, 1.82) is 0 Å². The third-order valence-corrected chi connectivity index (χ3v) is 4.31. The molecule has 0 atom stereocenters. The van der Waals surface area contributed by atoms with Gasteiger partial charge in [0.25, 0.3) is 5.91 Å². The molecule has 5 heteroatoms. The second-order valence-corrected chi connectivity index (χ2v) is 5.90. The summed E-state index contributed by atoms with van der Waals surface area (Å²) in [4.78, 5) is 14.0. The van der Waals surface area contributed by atoms with Crippen LogP contribution in [0.3, 0.4) is 0 Å². The number of alkyl halides is 3. The van der Waals surface area contributed by atoms with Gasteiger partial charge in [0.2, 0.25) is 0 Å². The summed E-state index contributed by atoms with van der Waals surface area (Å²) in [7, 11) is 1.74. The summed E-state index contributed by atoms with van der Waals surface area (Å²) in [5.41, 5.74) is -0.419. The average Bonchev–Trinajstić information content (AvgIpc) is 2.46. The highest BCUT2D eigenvalue weighted by Crippen LogP contribution is 2.30. The van der Waals surface area contributed by atoms with Crippen LogP contribution >= 0.6 is 0 Å². The molecular formula is C16H20F3NO. The van der Waals surface area contributed by atoms with Crippen LogP contribution in [0, 0.1) is 5.92 Å². The highest BCUT2D eigenvalue weighted by molar-refractivity contribution is 5.94. The van der Waals surface area contributed by atoms with E-state index in [9.17, 15) is 18.0 Å². The molecule has 0 spiro atoms. The van der Waals surface area contributed by atoms with E-state index < -0.39 is 11.7 Å². The Bertz CT molecular complexity index is 487. The second kappa shape index (κ2) is 6.08. The van der Waals surface area contributed by atoms with Crippen LogP contribution in [0.5, 0.6) is 0 Å². The van der Waals surface area contributed by atoms with Gasteiger partial charge in [-0.05, 0) is 55.9 Å². The number of hydrogen-bond acceptors (Lipinski definition) is 1. The van der Waals surface area contributed by atoms with Crippen LogP contribution in [0.2, 0.25) is 0 Å². The molecule has 0 aromatic heterocycles. The first-order chi connectivity index (χ1) is 9.79. The number of hydrogen-bond donors (Lipinski definition) is 0. The minimum atomic E-state index is -4.37. The van der Waals surface area contributed by atoms with E-state index in [1.165, 1.54) is 12.1 Å². The van der Waals surface area contributed by atoms with Crippen molar-refractivity contribution in [2.75, 3.05) is 7.05 Å². The Morgan fingerprint density at radius 2 is 1.62 bits per heavy atom. The number of halogens is 3. The second-order valence-electron chi connectivity index (χ2n) is 5.90. The van der Waals surface area contributed by atoms with E-state index in [0.717, 1.165) is 37.8 Å². The molecule has 2 nitrogen and oxygen atoms in total. The van der Waals surface area contributed by atoms with Gasteiger partial charge < -0.3 is 4.90 Å². The van der Waals surface area contributed by atoms with Crippen LogP contribution in [0.4, 0.5) is 13.2 Å². The molecule has 0 aliphatic heterocycles. The van der Waals surface area contributed by atoms with E-state index >= 15 is 0 Å². The van der Waals surface area contributed by atoms with Crippen molar-refractivity contribution in [3.63, 3.8) is 0 Å². The molecule has 1 aliphatic carbocycles. The minimum absolute atomic E-state index is 0.191. The Morgan fingerprint density at radius 1 is 1.10 bits per heavy atom. The Kier molecular flexibility index (Phi) is 4.59.